The smallest absolute Gasteiger partial charge is 0.242 e. The minimum atomic E-state index is 0.416. The number of aromatic nitrogens is 1. The molecule has 0 amide bonds. The van der Waals surface area contributed by atoms with Crippen LogP contribution in [0.1, 0.15) is 24.2 Å². The van der Waals surface area contributed by atoms with E-state index in [0.29, 0.717) is 5.82 Å². The molecule has 12 heavy (non-hydrogen) atoms. The van der Waals surface area contributed by atoms with E-state index in [9.17, 15) is 4.79 Å². The quantitative estimate of drug-likeness (QED) is 0.467. The summed E-state index contributed by atoms with van der Waals surface area (Å²) in [5.41, 5.74) is 0.990. The first-order valence-corrected chi connectivity index (χ1v) is 3.97. The molecular weight excluding hydrogens is 156 g/mol. The lowest BCUT2D eigenvalue weighted by Gasteiger charge is -2.06. The first-order valence-electron chi connectivity index (χ1n) is 3.97. The normalized spacial score (nSPS) is 15.0. The summed E-state index contributed by atoms with van der Waals surface area (Å²) in [5, 5.41) is 3.68. The second kappa shape index (κ2) is 2.91. The van der Waals surface area contributed by atoms with Crippen molar-refractivity contribution in [3.8, 4) is 0 Å². The predicted octanol–water partition coefficient (Wildman–Crippen LogP) is 1.52. The van der Waals surface area contributed by atoms with E-state index in [2.05, 4.69) is 10.1 Å². The second-order valence-corrected chi connectivity index (χ2v) is 2.82. The third kappa shape index (κ3) is 1.06. The Morgan fingerprint density at radius 3 is 3.08 bits per heavy atom. The highest BCUT2D eigenvalue weighted by atomic mass is 16.5. The van der Waals surface area contributed by atoms with Gasteiger partial charge in [-0.15, -0.1) is 4.99 Å². The van der Waals surface area contributed by atoms with Crippen molar-refractivity contribution in [3.63, 3.8) is 0 Å². The zero-order valence-corrected chi connectivity index (χ0v) is 6.54. The summed E-state index contributed by atoms with van der Waals surface area (Å²) < 4.78 is 5.02. The number of fused-ring (bicyclic) bond motifs is 1. The van der Waals surface area contributed by atoms with Crippen LogP contribution in [0.25, 0.3) is 0 Å². The third-order valence-corrected chi connectivity index (χ3v) is 2.08. The third-order valence-electron chi connectivity index (χ3n) is 2.08. The summed E-state index contributed by atoms with van der Waals surface area (Å²) in [6.07, 6.45) is 5.55. The van der Waals surface area contributed by atoms with E-state index in [1.54, 1.807) is 0 Å². The molecular formula is C8H8N2O2. The van der Waals surface area contributed by atoms with Gasteiger partial charge in [-0.3, -0.25) is 0 Å². The molecule has 0 N–H and O–H groups in total. The molecule has 0 saturated carbocycles. The monoisotopic (exact) mass is 164 g/mol. The van der Waals surface area contributed by atoms with Gasteiger partial charge in [0.1, 0.15) is 5.76 Å². The van der Waals surface area contributed by atoms with Crippen molar-refractivity contribution in [1.29, 1.82) is 0 Å². The van der Waals surface area contributed by atoms with Crippen LogP contribution in [-0.4, -0.2) is 11.2 Å². The zero-order valence-electron chi connectivity index (χ0n) is 6.54. The Labute approximate surface area is 69.3 Å². The highest BCUT2D eigenvalue weighted by molar-refractivity contribution is 5.49. The Kier molecular flexibility index (Phi) is 1.76. The Morgan fingerprint density at radius 2 is 2.25 bits per heavy atom. The van der Waals surface area contributed by atoms with Crippen LogP contribution in [0.5, 0.6) is 0 Å². The molecule has 1 aliphatic rings. The standard InChI is InChI=1S/C8H8N2O2/c11-5-9-8-6-3-1-2-4-7(6)12-10-8/h1-4H2. The fraction of sp³-hybridized carbons (Fsp3) is 0.500. The molecule has 0 bridgehead atoms. The van der Waals surface area contributed by atoms with Gasteiger partial charge >= 0.3 is 0 Å². The van der Waals surface area contributed by atoms with Crippen molar-refractivity contribution in [3.05, 3.63) is 11.3 Å². The van der Waals surface area contributed by atoms with E-state index < -0.39 is 0 Å². The summed E-state index contributed by atoms with van der Waals surface area (Å²) in [5.74, 6) is 1.30. The van der Waals surface area contributed by atoms with E-state index in [0.717, 1.165) is 37.0 Å². The number of hydrogen-bond acceptors (Lipinski definition) is 4. The lowest BCUT2D eigenvalue weighted by Crippen LogP contribution is -1.98. The maximum Gasteiger partial charge on any atom is 0.242 e. The lowest BCUT2D eigenvalue weighted by molar-refractivity contribution is 0.373. The number of aliphatic imine (C=N–C) groups is 1. The van der Waals surface area contributed by atoms with E-state index in [4.69, 9.17) is 4.52 Å². The fourth-order valence-corrected chi connectivity index (χ4v) is 1.50. The predicted molar refractivity (Wildman–Crippen MR) is 40.9 cm³/mol. The second-order valence-electron chi connectivity index (χ2n) is 2.82. The van der Waals surface area contributed by atoms with Crippen molar-refractivity contribution >= 4 is 11.9 Å². The van der Waals surface area contributed by atoms with Crippen LogP contribution >= 0.6 is 0 Å². The topological polar surface area (TPSA) is 55.5 Å². The van der Waals surface area contributed by atoms with Crippen LogP contribution in [0.2, 0.25) is 0 Å². The average molecular weight is 164 g/mol. The summed E-state index contributed by atoms with van der Waals surface area (Å²) in [6.45, 7) is 0. The van der Waals surface area contributed by atoms with Gasteiger partial charge in [-0.05, 0) is 19.3 Å². The number of aryl methyl sites for hydroxylation is 1. The molecule has 0 radical (unpaired) electrons. The molecule has 0 unspecified atom stereocenters. The largest absolute Gasteiger partial charge is 0.359 e. The molecule has 1 heterocycles. The molecule has 62 valence electrons. The first-order chi connectivity index (χ1) is 5.92. The van der Waals surface area contributed by atoms with Gasteiger partial charge in [0.05, 0.1) is 0 Å². The van der Waals surface area contributed by atoms with Crippen molar-refractivity contribution in [2.45, 2.75) is 25.7 Å². The molecule has 0 spiro atoms. The van der Waals surface area contributed by atoms with Crippen LogP contribution in [0.3, 0.4) is 0 Å². The number of isocyanates is 1. The van der Waals surface area contributed by atoms with Crippen molar-refractivity contribution in [2.75, 3.05) is 0 Å². The number of carbonyl (C=O) groups excluding carboxylic acids is 1. The molecule has 0 saturated heterocycles. The van der Waals surface area contributed by atoms with Gasteiger partial charge in [0.15, 0.2) is 0 Å². The molecule has 2 rings (SSSR count). The zero-order chi connectivity index (χ0) is 8.39. The van der Waals surface area contributed by atoms with Gasteiger partial charge in [0, 0.05) is 12.0 Å². The highest BCUT2D eigenvalue weighted by Crippen LogP contribution is 2.28. The SMILES string of the molecule is O=C=Nc1noc2c1CCCC2. The molecule has 1 aromatic rings. The average Bonchev–Trinajstić information content (AvgIpc) is 2.50. The minimum Gasteiger partial charge on any atom is -0.359 e. The minimum absolute atomic E-state index is 0.416. The van der Waals surface area contributed by atoms with Gasteiger partial charge in [-0.25, -0.2) is 4.79 Å². The van der Waals surface area contributed by atoms with E-state index in [1.165, 1.54) is 6.08 Å². The van der Waals surface area contributed by atoms with E-state index in [-0.39, 0.29) is 0 Å². The molecule has 1 aliphatic carbocycles. The lowest BCUT2D eigenvalue weighted by atomic mass is 9.98. The summed E-state index contributed by atoms with van der Waals surface area (Å²) in [6, 6.07) is 0. The molecule has 1 aromatic heterocycles. The molecule has 0 aromatic carbocycles. The number of nitrogens with zero attached hydrogens (tertiary/aromatic N) is 2. The van der Waals surface area contributed by atoms with Crippen LogP contribution in [0.15, 0.2) is 9.52 Å². The van der Waals surface area contributed by atoms with E-state index >= 15 is 0 Å². The Hall–Kier alpha value is -1.41. The van der Waals surface area contributed by atoms with Crippen LogP contribution in [-0.2, 0) is 17.6 Å². The first kappa shape index (κ1) is 7.25. The van der Waals surface area contributed by atoms with Crippen molar-refractivity contribution in [1.82, 2.24) is 5.16 Å². The number of rotatable bonds is 1. The highest BCUT2D eigenvalue weighted by Gasteiger charge is 2.18. The van der Waals surface area contributed by atoms with Gasteiger partial charge in [0.2, 0.25) is 11.9 Å². The van der Waals surface area contributed by atoms with Gasteiger partial charge in [-0.2, -0.15) is 0 Å². The van der Waals surface area contributed by atoms with Crippen LogP contribution in [0.4, 0.5) is 5.82 Å². The fourth-order valence-electron chi connectivity index (χ4n) is 1.50. The molecule has 0 fully saturated rings. The molecule has 0 atom stereocenters. The molecule has 4 nitrogen and oxygen atoms in total. The van der Waals surface area contributed by atoms with E-state index in [1.807, 2.05) is 0 Å². The Bertz CT molecular complexity index is 337. The van der Waals surface area contributed by atoms with Gasteiger partial charge in [-0.1, -0.05) is 5.16 Å². The number of hydrogen-bond donors (Lipinski definition) is 0. The van der Waals surface area contributed by atoms with Crippen LogP contribution in [0, 0.1) is 0 Å². The van der Waals surface area contributed by atoms with Crippen molar-refractivity contribution < 1.29 is 9.32 Å². The van der Waals surface area contributed by atoms with Crippen molar-refractivity contribution in [2.24, 2.45) is 4.99 Å². The van der Waals surface area contributed by atoms with Gasteiger partial charge < -0.3 is 4.52 Å². The molecule has 4 heteroatoms. The summed E-state index contributed by atoms with van der Waals surface area (Å²) >= 11 is 0. The maximum absolute atomic E-state index is 9.98. The molecule has 0 aliphatic heterocycles. The Morgan fingerprint density at radius 1 is 1.42 bits per heavy atom. The summed E-state index contributed by atoms with van der Waals surface area (Å²) in [4.78, 5) is 13.5. The van der Waals surface area contributed by atoms with Crippen LogP contribution < -0.4 is 0 Å². The Balaban J connectivity index is 2.44. The maximum atomic E-state index is 9.98. The van der Waals surface area contributed by atoms with Gasteiger partial charge in [0.25, 0.3) is 0 Å². The summed E-state index contributed by atoms with van der Waals surface area (Å²) in [7, 11) is 0.